The van der Waals surface area contributed by atoms with Crippen LogP contribution in [-0.2, 0) is 4.79 Å². The predicted octanol–water partition coefficient (Wildman–Crippen LogP) is 2.66. The summed E-state index contributed by atoms with van der Waals surface area (Å²) in [5, 5.41) is 55.1. The Morgan fingerprint density at radius 1 is 0.935 bits per heavy atom. The van der Waals surface area contributed by atoms with Gasteiger partial charge in [0.1, 0.15) is 5.70 Å². The Morgan fingerprint density at radius 3 is 2.13 bits per heavy atom. The number of Topliss-reactive ketones (excluding diaryl/α,β-unsaturated/α-hetero) is 1. The van der Waals surface area contributed by atoms with Gasteiger partial charge in [-0.2, -0.15) is 0 Å². The van der Waals surface area contributed by atoms with Crippen molar-refractivity contribution in [2.24, 2.45) is 0 Å². The molecule has 2 aromatic carbocycles. The van der Waals surface area contributed by atoms with E-state index >= 15 is 0 Å². The van der Waals surface area contributed by atoms with Crippen molar-refractivity contribution in [3.05, 3.63) is 75.6 Å². The molecule has 0 spiro atoms. The summed E-state index contributed by atoms with van der Waals surface area (Å²) in [5.41, 5.74) is 11.7. The van der Waals surface area contributed by atoms with Crippen molar-refractivity contribution < 1.29 is 30.3 Å². The van der Waals surface area contributed by atoms with Gasteiger partial charge in [0, 0.05) is 23.4 Å². The van der Waals surface area contributed by atoms with E-state index in [1.807, 2.05) is 0 Å². The lowest BCUT2D eigenvalue weighted by molar-refractivity contribution is -0.114. The van der Waals surface area contributed by atoms with Crippen LogP contribution in [0.1, 0.15) is 23.6 Å². The van der Waals surface area contributed by atoms with Crippen LogP contribution in [0.15, 0.2) is 58.9 Å². The van der Waals surface area contributed by atoms with Crippen LogP contribution in [0, 0.1) is 6.92 Å². The van der Waals surface area contributed by atoms with Crippen molar-refractivity contribution >= 4 is 22.7 Å². The van der Waals surface area contributed by atoms with Gasteiger partial charge in [0.15, 0.2) is 28.8 Å². The molecule has 0 saturated heterocycles. The van der Waals surface area contributed by atoms with Crippen LogP contribution in [0.25, 0.3) is 5.57 Å². The molecule has 9 heteroatoms. The molecule has 9 nitrogen and oxygen atoms in total. The molecule has 0 aliphatic heterocycles. The Kier molecular flexibility index (Phi) is 5.44. The number of nitrogen functional groups attached to an aromatic ring is 2. The van der Waals surface area contributed by atoms with Crippen LogP contribution in [0.2, 0.25) is 0 Å². The average Bonchev–Trinajstić information content (AvgIpc) is 2.75. The van der Waals surface area contributed by atoms with E-state index in [0.29, 0.717) is 16.8 Å². The number of aryl methyl sites for hydroxylation is 1. The first-order valence-electron chi connectivity index (χ1n) is 9.36. The maximum absolute atomic E-state index is 13.1. The first-order chi connectivity index (χ1) is 14.6. The van der Waals surface area contributed by atoms with Crippen LogP contribution < -0.4 is 16.8 Å². The minimum absolute atomic E-state index is 0.0450. The summed E-state index contributed by atoms with van der Waals surface area (Å²) in [4.78, 5) is 13.1. The number of hydrogen-bond donors (Lipinski definition) is 8. The zero-order valence-electron chi connectivity index (χ0n) is 16.9. The topological polar surface area (TPSA) is 182 Å². The highest BCUT2D eigenvalue weighted by atomic mass is 16.3. The second-order valence-electron chi connectivity index (χ2n) is 7.00. The highest BCUT2D eigenvalue weighted by molar-refractivity contribution is 6.18. The Hall–Kier alpha value is -4.27. The minimum Gasteiger partial charge on any atom is -0.504 e. The van der Waals surface area contributed by atoms with Crippen molar-refractivity contribution in [1.82, 2.24) is 5.32 Å². The molecule has 0 heterocycles. The molecule has 0 atom stereocenters. The molecule has 0 aromatic heterocycles. The average molecular weight is 425 g/mol. The molecule has 0 amide bonds. The number of likely N-dealkylation sites (N-methyl/N-ethyl adjacent to an activating group) is 1. The third-order valence-electron chi connectivity index (χ3n) is 4.97. The van der Waals surface area contributed by atoms with Crippen molar-refractivity contribution in [3.63, 3.8) is 0 Å². The van der Waals surface area contributed by atoms with Gasteiger partial charge in [-0.1, -0.05) is 12.1 Å². The summed E-state index contributed by atoms with van der Waals surface area (Å²) in [6.07, 6.45) is 0. The number of aliphatic hydroxyl groups excluding tert-OH is 3. The smallest absolute Gasteiger partial charge is 0.234 e. The molecule has 162 valence electrons. The lowest BCUT2D eigenvalue weighted by Gasteiger charge is -2.23. The molecule has 1 aliphatic carbocycles. The molecule has 0 unspecified atom stereocenters. The second kappa shape index (κ2) is 7.86. The number of aromatic hydroxyl groups is 2. The fourth-order valence-corrected chi connectivity index (χ4v) is 3.34. The molecule has 0 radical (unpaired) electrons. The minimum atomic E-state index is -0.994. The van der Waals surface area contributed by atoms with Crippen molar-refractivity contribution in [2.75, 3.05) is 18.0 Å². The zero-order valence-corrected chi connectivity index (χ0v) is 16.9. The van der Waals surface area contributed by atoms with Crippen LogP contribution >= 0.6 is 0 Å². The zero-order chi connectivity index (χ0) is 23.0. The van der Waals surface area contributed by atoms with Gasteiger partial charge >= 0.3 is 0 Å². The molecule has 3 rings (SSSR count). The summed E-state index contributed by atoms with van der Waals surface area (Å²) in [5.74, 6) is -4.59. The molecule has 0 fully saturated rings. The molecular weight excluding hydrogens is 402 g/mol. The summed E-state index contributed by atoms with van der Waals surface area (Å²) in [6, 6.07) is 7.53. The fraction of sp³-hybridized carbons (Fsp3) is 0.136. The Bertz CT molecular complexity index is 1180. The number of anilines is 2. The van der Waals surface area contributed by atoms with Gasteiger partial charge in [0.2, 0.25) is 5.78 Å². The number of hydrogen-bond acceptors (Lipinski definition) is 9. The highest BCUT2D eigenvalue weighted by Gasteiger charge is 2.36. The molecular formula is C22H23N3O6. The number of phenols is 2. The normalized spacial score (nSPS) is 16.0. The summed E-state index contributed by atoms with van der Waals surface area (Å²) >= 11 is 0. The second-order valence-corrected chi connectivity index (χ2v) is 7.00. The molecule has 10 N–H and O–H groups in total. The number of carbonyl (C=O) groups excluding carboxylic acids is 1. The lowest BCUT2D eigenvalue weighted by atomic mass is 9.85. The molecule has 1 aliphatic rings. The predicted molar refractivity (Wildman–Crippen MR) is 116 cm³/mol. The number of phenolic OH excluding ortho intramolecular Hbond substituents is 2. The number of ketones is 1. The van der Waals surface area contributed by atoms with Gasteiger partial charge in [0.25, 0.3) is 0 Å². The van der Waals surface area contributed by atoms with E-state index in [1.54, 1.807) is 13.8 Å². The quantitative estimate of drug-likeness (QED) is 0.207. The Balaban J connectivity index is 2.45. The SMILES string of the molecule is CCNC1=C(O)C(=O)C(=C(c2ccc(N)cc2)c2cc(C)c(N)c(O)c2O)C(O)=C1O. The fourth-order valence-electron chi connectivity index (χ4n) is 3.34. The van der Waals surface area contributed by atoms with E-state index in [2.05, 4.69) is 5.32 Å². The summed E-state index contributed by atoms with van der Waals surface area (Å²) in [7, 11) is 0. The van der Waals surface area contributed by atoms with E-state index < -0.39 is 40.1 Å². The lowest BCUT2D eigenvalue weighted by Crippen LogP contribution is -2.27. The van der Waals surface area contributed by atoms with Crippen molar-refractivity contribution in [1.29, 1.82) is 0 Å². The Morgan fingerprint density at radius 2 is 1.55 bits per heavy atom. The van der Waals surface area contributed by atoms with Crippen LogP contribution in [0.4, 0.5) is 11.4 Å². The number of nitrogens with one attached hydrogen (secondary N) is 1. The number of allylic oxidation sites excluding steroid dienone is 2. The third kappa shape index (κ3) is 3.46. The maximum Gasteiger partial charge on any atom is 0.234 e. The highest BCUT2D eigenvalue weighted by Crippen LogP contribution is 2.45. The standard InChI is InChI=1S/C22H23N3O6/c1-3-25-16-21(30)18(27)14(19(28)22(16)31)13(10-4-6-11(23)7-5-10)12-8-9(2)15(24)20(29)17(12)26/h4-8,25-27,29-31H,3,23-24H2,1-2H3. The molecule has 0 bridgehead atoms. The largest absolute Gasteiger partial charge is 0.504 e. The first-order valence-corrected chi connectivity index (χ1v) is 9.36. The van der Waals surface area contributed by atoms with Crippen LogP contribution in [0.3, 0.4) is 0 Å². The van der Waals surface area contributed by atoms with Crippen LogP contribution in [0.5, 0.6) is 11.5 Å². The summed E-state index contributed by atoms with van der Waals surface area (Å²) < 4.78 is 0. The van der Waals surface area contributed by atoms with Gasteiger partial charge < -0.3 is 42.3 Å². The first kappa shape index (κ1) is 21.4. The number of carbonyl (C=O) groups is 1. The number of aliphatic hydroxyl groups is 3. The van der Waals surface area contributed by atoms with Gasteiger partial charge in [0.05, 0.1) is 11.3 Å². The van der Waals surface area contributed by atoms with E-state index in [9.17, 15) is 30.3 Å². The number of nitrogens with two attached hydrogens (primary N) is 2. The molecule has 0 saturated carbocycles. The molecule has 2 aromatic rings. The van der Waals surface area contributed by atoms with E-state index in [0.717, 1.165) is 0 Å². The van der Waals surface area contributed by atoms with Gasteiger partial charge in [-0.3, -0.25) is 4.79 Å². The maximum atomic E-state index is 13.1. The van der Waals surface area contributed by atoms with Crippen molar-refractivity contribution in [2.45, 2.75) is 13.8 Å². The van der Waals surface area contributed by atoms with Gasteiger partial charge in [-0.05, 0) is 43.2 Å². The number of benzene rings is 2. The number of rotatable bonds is 4. The van der Waals surface area contributed by atoms with E-state index in [-0.39, 0.29) is 29.1 Å². The third-order valence-corrected chi connectivity index (χ3v) is 4.97. The van der Waals surface area contributed by atoms with Gasteiger partial charge in [-0.25, -0.2) is 0 Å². The van der Waals surface area contributed by atoms with E-state index in [1.165, 1.54) is 30.3 Å². The monoisotopic (exact) mass is 425 g/mol. The Labute approximate surface area is 177 Å². The van der Waals surface area contributed by atoms with Gasteiger partial charge in [-0.15, -0.1) is 0 Å². The van der Waals surface area contributed by atoms with Crippen LogP contribution in [-0.4, -0.2) is 37.9 Å². The van der Waals surface area contributed by atoms with E-state index in [4.69, 9.17) is 11.5 Å². The molecule has 31 heavy (non-hydrogen) atoms. The summed E-state index contributed by atoms with van der Waals surface area (Å²) in [6.45, 7) is 3.53. The van der Waals surface area contributed by atoms with Crippen molar-refractivity contribution in [3.8, 4) is 11.5 Å².